The van der Waals surface area contributed by atoms with Gasteiger partial charge in [-0.25, -0.2) is 4.79 Å². The van der Waals surface area contributed by atoms with Crippen molar-refractivity contribution in [2.75, 3.05) is 0 Å². The van der Waals surface area contributed by atoms with Gasteiger partial charge < -0.3 is 4.74 Å². The summed E-state index contributed by atoms with van der Waals surface area (Å²) >= 11 is 3.32. The second kappa shape index (κ2) is 6.88. The second-order valence-electron chi connectivity index (χ2n) is 5.24. The van der Waals surface area contributed by atoms with Gasteiger partial charge in [0.25, 0.3) is 0 Å². The van der Waals surface area contributed by atoms with Crippen molar-refractivity contribution in [1.29, 1.82) is 0 Å². The third-order valence-corrected chi connectivity index (χ3v) is 3.92. The number of ketones is 1. The molecule has 0 spiro atoms. The molecule has 0 heterocycles. The molecule has 2 aromatic carbocycles. The highest BCUT2D eigenvalue weighted by molar-refractivity contribution is 9.10. The third kappa shape index (κ3) is 3.83. The Morgan fingerprint density at radius 1 is 1.05 bits per heavy atom. The standard InChI is InChI=1S/C18H17BrO3/c1-11-4-5-12(2)16(10-11)18(21)22-13(3)17(20)14-6-8-15(19)9-7-14/h4-10,13H,1-3H3/t13-/m1/s1. The molecule has 0 bridgehead atoms. The van der Waals surface area contributed by atoms with Crippen molar-refractivity contribution in [2.24, 2.45) is 0 Å². The molecule has 0 fully saturated rings. The molecule has 0 aromatic heterocycles. The molecule has 3 nitrogen and oxygen atoms in total. The van der Waals surface area contributed by atoms with E-state index < -0.39 is 12.1 Å². The van der Waals surface area contributed by atoms with Crippen LogP contribution in [0.3, 0.4) is 0 Å². The van der Waals surface area contributed by atoms with Crippen LogP contribution in [0.4, 0.5) is 0 Å². The molecule has 0 radical (unpaired) electrons. The Morgan fingerprint density at radius 2 is 1.68 bits per heavy atom. The fourth-order valence-corrected chi connectivity index (χ4v) is 2.35. The van der Waals surface area contributed by atoms with Gasteiger partial charge in [0.2, 0.25) is 5.78 Å². The van der Waals surface area contributed by atoms with Crippen LogP contribution >= 0.6 is 15.9 Å². The summed E-state index contributed by atoms with van der Waals surface area (Å²) in [7, 11) is 0. The minimum absolute atomic E-state index is 0.217. The first-order valence-electron chi connectivity index (χ1n) is 6.96. The first-order chi connectivity index (χ1) is 10.4. The molecule has 0 saturated carbocycles. The molecule has 0 aliphatic rings. The second-order valence-corrected chi connectivity index (χ2v) is 6.15. The lowest BCUT2D eigenvalue weighted by molar-refractivity contribution is 0.0318. The van der Waals surface area contributed by atoms with Gasteiger partial charge in [0, 0.05) is 10.0 Å². The summed E-state index contributed by atoms with van der Waals surface area (Å²) in [6, 6.07) is 12.5. The van der Waals surface area contributed by atoms with E-state index in [4.69, 9.17) is 4.74 Å². The number of aryl methyl sites for hydroxylation is 2. The van der Waals surface area contributed by atoms with E-state index in [1.165, 1.54) is 0 Å². The van der Waals surface area contributed by atoms with E-state index in [0.29, 0.717) is 11.1 Å². The van der Waals surface area contributed by atoms with E-state index >= 15 is 0 Å². The van der Waals surface area contributed by atoms with Crippen LogP contribution in [0.1, 0.15) is 38.8 Å². The zero-order chi connectivity index (χ0) is 16.3. The number of hydrogen-bond acceptors (Lipinski definition) is 3. The number of hydrogen-bond donors (Lipinski definition) is 0. The first-order valence-corrected chi connectivity index (χ1v) is 7.76. The van der Waals surface area contributed by atoms with Crippen LogP contribution in [0.5, 0.6) is 0 Å². The van der Waals surface area contributed by atoms with E-state index in [-0.39, 0.29) is 5.78 Å². The molecule has 2 rings (SSSR count). The predicted octanol–water partition coefficient (Wildman–Crippen LogP) is 4.49. The topological polar surface area (TPSA) is 43.4 Å². The number of rotatable bonds is 4. The Balaban J connectivity index is 2.12. The first kappa shape index (κ1) is 16.4. The van der Waals surface area contributed by atoms with Crippen LogP contribution in [0.15, 0.2) is 46.9 Å². The van der Waals surface area contributed by atoms with Crippen LogP contribution < -0.4 is 0 Å². The SMILES string of the molecule is Cc1ccc(C)c(C(=O)O[C@H](C)C(=O)c2ccc(Br)cc2)c1. The van der Waals surface area contributed by atoms with Crippen LogP contribution in [0.2, 0.25) is 0 Å². The maximum Gasteiger partial charge on any atom is 0.339 e. The number of halogens is 1. The molecule has 4 heteroatoms. The molecule has 114 valence electrons. The van der Waals surface area contributed by atoms with Gasteiger partial charge in [-0.2, -0.15) is 0 Å². The Morgan fingerprint density at radius 3 is 2.32 bits per heavy atom. The van der Waals surface area contributed by atoms with Crippen molar-refractivity contribution in [3.8, 4) is 0 Å². The van der Waals surface area contributed by atoms with Crippen LogP contribution in [0, 0.1) is 13.8 Å². The quantitative estimate of drug-likeness (QED) is 0.595. The lowest BCUT2D eigenvalue weighted by Gasteiger charge is -2.14. The van der Waals surface area contributed by atoms with Gasteiger partial charge in [-0.3, -0.25) is 4.79 Å². The Bertz CT molecular complexity index is 705. The molecular weight excluding hydrogens is 344 g/mol. The summed E-state index contributed by atoms with van der Waals surface area (Å²) in [5.41, 5.74) is 2.82. The zero-order valence-electron chi connectivity index (χ0n) is 12.7. The Kier molecular flexibility index (Phi) is 5.14. The zero-order valence-corrected chi connectivity index (χ0v) is 14.3. The predicted molar refractivity (Wildman–Crippen MR) is 89.3 cm³/mol. The minimum Gasteiger partial charge on any atom is -0.451 e. The highest BCUT2D eigenvalue weighted by atomic mass is 79.9. The molecule has 0 aliphatic heterocycles. The number of benzene rings is 2. The summed E-state index contributed by atoms with van der Waals surface area (Å²) in [6.45, 7) is 5.34. The van der Waals surface area contributed by atoms with E-state index in [1.807, 2.05) is 26.0 Å². The van der Waals surface area contributed by atoms with Crippen molar-refractivity contribution >= 4 is 27.7 Å². The highest BCUT2D eigenvalue weighted by Crippen LogP contribution is 2.16. The minimum atomic E-state index is -0.825. The molecule has 1 atom stereocenters. The number of Topliss-reactive ketones (excluding diaryl/α,β-unsaturated/α-hetero) is 1. The third-order valence-electron chi connectivity index (χ3n) is 3.39. The van der Waals surface area contributed by atoms with Gasteiger partial charge in [0.15, 0.2) is 6.10 Å². The van der Waals surface area contributed by atoms with Gasteiger partial charge >= 0.3 is 5.97 Å². The van der Waals surface area contributed by atoms with Crippen molar-refractivity contribution < 1.29 is 14.3 Å². The monoisotopic (exact) mass is 360 g/mol. The van der Waals surface area contributed by atoms with E-state index in [9.17, 15) is 9.59 Å². The lowest BCUT2D eigenvalue weighted by Crippen LogP contribution is -2.24. The lowest BCUT2D eigenvalue weighted by atomic mass is 10.1. The molecule has 0 aliphatic carbocycles. The van der Waals surface area contributed by atoms with Crippen molar-refractivity contribution in [3.63, 3.8) is 0 Å². The maximum atomic E-state index is 12.3. The molecule has 0 saturated heterocycles. The number of carbonyl (C=O) groups excluding carboxylic acids is 2. The average molecular weight is 361 g/mol. The van der Waals surface area contributed by atoms with Crippen LogP contribution in [0.25, 0.3) is 0 Å². The Hall–Kier alpha value is -1.94. The van der Waals surface area contributed by atoms with Crippen LogP contribution in [-0.4, -0.2) is 17.9 Å². The fraction of sp³-hybridized carbons (Fsp3) is 0.222. The summed E-state index contributed by atoms with van der Waals surface area (Å²) < 4.78 is 6.21. The van der Waals surface area contributed by atoms with Gasteiger partial charge in [-0.05, 0) is 44.5 Å². The van der Waals surface area contributed by atoms with Crippen LogP contribution in [-0.2, 0) is 4.74 Å². The number of esters is 1. The van der Waals surface area contributed by atoms with Gasteiger partial charge in [-0.1, -0.05) is 45.8 Å². The van der Waals surface area contributed by atoms with Crippen molar-refractivity contribution in [2.45, 2.75) is 26.9 Å². The largest absolute Gasteiger partial charge is 0.451 e. The summed E-state index contributed by atoms with van der Waals surface area (Å²) in [5, 5.41) is 0. The van der Waals surface area contributed by atoms with Crippen molar-refractivity contribution in [3.05, 3.63) is 69.2 Å². The van der Waals surface area contributed by atoms with Gasteiger partial charge in [0.05, 0.1) is 5.56 Å². The number of carbonyl (C=O) groups is 2. The molecule has 0 unspecified atom stereocenters. The van der Waals surface area contributed by atoms with Crippen molar-refractivity contribution in [1.82, 2.24) is 0 Å². The molecule has 22 heavy (non-hydrogen) atoms. The molecule has 0 N–H and O–H groups in total. The smallest absolute Gasteiger partial charge is 0.339 e. The molecule has 2 aromatic rings. The average Bonchev–Trinajstić information content (AvgIpc) is 2.49. The molecular formula is C18H17BrO3. The summed E-state index contributed by atoms with van der Waals surface area (Å²) in [6.07, 6.45) is -0.825. The van der Waals surface area contributed by atoms with E-state index in [2.05, 4.69) is 15.9 Å². The molecule has 0 amide bonds. The summed E-state index contributed by atoms with van der Waals surface area (Å²) in [4.78, 5) is 24.5. The Labute approximate surface area is 138 Å². The maximum absolute atomic E-state index is 12.3. The van der Waals surface area contributed by atoms with E-state index in [1.54, 1.807) is 37.3 Å². The summed E-state index contributed by atoms with van der Waals surface area (Å²) in [5.74, 6) is -0.690. The van der Waals surface area contributed by atoms with Gasteiger partial charge in [0.1, 0.15) is 0 Å². The highest BCUT2D eigenvalue weighted by Gasteiger charge is 2.21. The van der Waals surface area contributed by atoms with E-state index in [0.717, 1.165) is 15.6 Å². The fourth-order valence-electron chi connectivity index (χ4n) is 2.08. The normalized spacial score (nSPS) is 11.8. The van der Waals surface area contributed by atoms with Gasteiger partial charge in [-0.15, -0.1) is 0 Å². The number of ether oxygens (including phenoxy) is 1.